The van der Waals surface area contributed by atoms with Gasteiger partial charge in [-0.3, -0.25) is 0 Å². The zero-order valence-corrected chi connectivity index (χ0v) is 15.8. The maximum absolute atomic E-state index is 10.5. The van der Waals surface area contributed by atoms with Crippen LogP contribution in [0.1, 0.15) is 61.8 Å². The minimum atomic E-state index is -0.293. The lowest BCUT2D eigenvalue weighted by atomic mass is 9.92. The van der Waals surface area contributed by atoms with Crippen LogP contribution in [0.15, 0.2) is 6.33 Å². The molecule has 136 valence electrons. The Kier molecular flexibility index (Phi) is 4.93. The van der Waals surface area contributed by atoms with Gasteiger partial charge in [0.2, 0.25) is 5.88 Å². The van der Waals surface area contributed by atoms with Crippen LogP contribution >= 0.6 is 11.3 Å². The fraction of sp³-hybridized carbons (Fsp3) is 0.684. The summed E-state index contributed by atoms with van der Waals surface area (Å²) in [7, 11) is 2.04. The number of hydrogen-bond donors (Lipinski definition) is 2. The standard InChI is InChI=1S/C19H27N3O2S/c1-3-14(23)13-8-9-15-16(13)17-18(21-10-22-19(17)25-15)24-12-6-4-11(20-2)5-7-12/h10-14,20,23H,3-9H2,1-2H3/t11?,12?,13-,14?/m1/s1. The summed E-state index contributed by atoms with van der Waals surface area (Å²) in [6, 6.07) is 0.611. The smallest absolute Gasteiger partial charge is 0.225 e. The van der Waals surface area contributed by atoms with Crippen LogP contribution in [0.25, 0.3) is 10.2 Å². The van der Waals surface area contributed by atoms with Crippen molar-refractivity contribution in [2.24, 2.45) is 0 Å². The molecule has 2 heterocycles. The van der Waals surface area contributed by atoms with Crippen molar-refractivity contribution in [1.29, 1.82) is 0 Å². The Balaban J connectivity index is 1.64. The van der Waals surface area contributed by atoms with Crippen molar-refractivity contribution in [3.8, 4) is 5.88 Å². The van der Waals surface area contributed by atoms with Gasteiger partial charge in [0.05, 0.1) is 11.5 Å². The summed E-state index contributed by atoms with van der Waals surface area (Å²) in [6.07, 6.45) is 8.80. The summed E-state index contributed by atoms with van der Waals surface area (Å²) in [4.78, 5) is 11.3. The molecular formula is C19H27N3O2S. The Morgan fingerprint density at radius 1 is 1.28 bits per heavy atom. The van der Waals surface area contributed by atoms with E-state index in [1.54, 1.807) is 17.7 Å². The fourth-order valence-electron chi connectivity index (χ4n) is 4.37. The SMILES string of the molecule is CCC(O)[C@H]1CCc2sc3ncnc(OC4CCC(NC)CC4)c3c21. The van der Waals surface area contributed by atoms with E-state index >= 15 is 0 Å². The highest BCUT2D eigenvalue weighted by atomic mass is 32.1. The van der Waals surface area contributed by atoms with E-state index in [1.165, 1.54) is 10.4 Å². The topological polar surface area (TPSA) is 67.3 Å². The normalized spacial score (nSPS) is 27.4. The molecule has 2 aliphatic carbocycles. The monoisotopic (exact) mass is 361 g/mol. The van der Waals surface area contributed by atoms with Gasteiger partial charge < -0.3 is 15.2 Å². The van der Waals surface area contributed by atoms with Gasteiger partial charge in [-0.1, -0.05) is 6.92 Å². The molecule has 0 aliphatic heterocycles. The molecule has 25 heavy (non-hydrogen) atoms. The average Bonchev–Trinajstić information content (AvgIpc) is 3.21. The number of thiophene rings is 1. The maximum atomic E-state index is 10.5. The van der Waals surface area contributed by atoms with E-state index in [1.807, 2.05) is 14.0 Å². The molecule has 2 aromatic rings. The molecule has 0 radical (unpaired) electrons. The first-order chi connectivity index (χ1) is 12.2. The van der Waals surface area contributed by atoms with Crippen molar-refractivity contribution >= 4 is 21.6 Å². The molecule has 0 spiro atoms. The number of aliphatic hydroxyl groups is 1. The van der Waals surface area contributed by atoms with Crippen LogP contribution in [0.4, 0.5) is 0 Å². The van der Waals surface area contributed by atoms with E-state index in [-0.39, 0.29) is 18.1 Å². The lowest BCUT2D eigenvalue weighted by Crippen LogP contribution is -2.34. The molecule has 6 heteroatoms. The van der Waals surface area contributed by atoms with Gasteiger partial charge in [0.25, 0.3) is 0 Å². The second kappa shape index (κ2) is 7.17. The van der Waals surface area contributed by atoms with Gasteiger partial charge in [-0.15, -0.1) is 11.3 Å². The zero-order valence-electron chi connectivity index (χ0n) is 15.0. The summed E-state index contributed by atoms with van der Waals surface area (Å²) >= 11 is 1.75. The van der Waals surface area contributed by atoms with Crippen LogP contribution in [0, 0.1) is 0 Å². The van der Waals surface area contributed by atoms with Gasteiger partial charge in [0.15, 0.2) is 0 Å². The minimum absolute atomic E-state index is 0.196. The van der Waals surface area contributed by atoms with E-state index in [4.69, 9.17) is 4.74 Å². The van der Waals surface area contributed by atoms with Gasteiger partial charge in [0.1, 0.15) is 17.3 Å². The van der Waals surface area contributed by atoms with Gasteiger partial charge in [-0.2, -0.15) is 0 Å². The van der Waals surface area contributed by atoms with Crippen LogP contribution in [-0.2, 0) is 6.42 Å². The molecule has 1 saturated carbocycles. The molecule has 4 rings (SSSR count). The molecular weight excluding hydrogens is 334 g/mol. The summed E-state index contributed by atoms with van der Waals surface area (Å²) in [5, 5.41) is 14.9. The van der Waals surface area contributed by atoms with Crippen molar-refractivity contribution in [2.75, 3.05) is 7.05 Å². The molecule has 2 aromatic heterocycles. The van der Waals surface area contributed by atoms with E-state index in [9.17, 15) is 5.11 Å². The van der Waals surface area contributed by atoms with Crippen LogP contribution in [0.5, 0.6) is 5.88 Å². The van der Waals surface area contributed by atoms with Gasteiger partial charge in [-0.25, -0.2) is 9.97 Å². The number of nitrogens with one attached hydrogen (secondary N) is 1. The average molecular weight is 362 g/mol. The second-order valence-corrected chi connectivity index (χ2v) is 8.38. The lowest BCUT2D eigenvalue weighted by molar-refractivity contribution is 0.135. The van der Waals surface area contributed by atoms with Gasteiger partial charge in [0, 0.05) is 16.8 Å². The predicted octanol–water partition coefficient (Wildman–Crippen LogP) is 3.40. The van der Waals surface area contributed by atoms with Crippen LogP contribution in [-0.4, -0.2) is 40.4 Å². The first-order valence-corrected chi connectivity index (χ1v) is 10.3. The number of aliphatic hydroxyl groups excluding tert-OH is 1. The number of nitrogens with zero attached hydrogens (tertiary/aromatic N) is 2. The molecule has 1 unspecified atom stereocenters. The first kappa shape index (κ1) is 17.2. The third-order valence-electron chi connectivity index (χ3n) is 5.86. The number of aryl methyl sites for hydroxylation is 1. The van der Waals surface area contributed by atoms with Crippen molar-refractivity contribution in [3.05, 3.63) is 16.8 Å². The zero-order chi connectivity index (χ0) is 17.4. The molecule has 0 aromatic carbocycles. The van der Waals surface area contributed by atoms with Crippen molar-refractivity contribution in [2.45, 2.75) is 76.0 Å². The maximum Gasteiger partial charge on any atom is 0.225 e. The van der Waals surface area contributed by atoms with E-state index in [2.05, 4.69) is 15.3 Å². The molecule has 2 N–H and O–H groups in total. The molecule has 1 fully saturated rings. The highest BCUT2D eigenvalue weighted by Gasteiger charge is 2.34. The predicted molar refractivity (Wildman–Crippen MR) is 101 cm³/mol. The van der Waals surface area contributed by atoms with E-state index < -0.39 is 0 Å². The van der Waals surface area contributed by atoms with Gasteiger partial charge >= 0.3 is 0 Å². The third-order valence-corrected chi connectivity index (χ3v) is 7.04. The summed E-state index contributed by atoms with van der Waals surface area (Å²) < 4.78 is 6.35. The Morgan fingerprint density at radius 3 is 2.80 bits per heavy atom. The number of fused-ring (bicyclic) bond motifs is 3. The molecule has 0 bridgehead atoms. The Labute approximate surface area is 152 Å². The summed E-state index contributed by atoms with van der Waals surface area (Å²) in [6.45, 7) is 2.05. The largest absolute Gasteiger partial charge is 0.474 e. The fourth-order valence-corrected chi connectivity index (χ4v) is 5.58. The quantitative estimate of drug-likeness (QED) is 0.854. The number of ether oxygens (including phenoxy) is 1. The summed E-state index contributed by atoms with van der Waals surface area (Å²) in [5.41, 5.74) is 1.26. The van der Waals surface area contributed by atoms with Crippen molar-refractivity contribution < 1.29 is 9.84 Å². The van der Waals surface area contributed by atoms with Crippen molar-refractivity contribution in [1.82, 2.24) is 15.3 Å². The second-order valence-electron chi connectivity index (χ2n) is 7.30. The van der Waals surface area contributed by atoms with Crippen LogP contribution in [0.2, 0.25) is 0 Å². The number of hydrogen-bond acceptors (Lipinski definition) is 6. The molecule has 0 amide bonds. The molecule has 2 aliphatic rings. The highest BCUT2D eigenvalue weighted by Crippen LogP contribution is 2.47. The third kappa shape index (κ3) is 3.15. The first-order valence-electron chi connectivity index (χ1n) is 9.49. The molecule has 2 atom stereocenters. The molecule has 5 nitrogen and oxygen atoms in total. The van der Waals surface area contributed by atoms with Gasteiger partial charge in [-0.05, 0) is 57.6 Å². The van der Waals surface area contributed by atoms with Crippen LogP contribution < -0.4 is 10.1 Å². The molecule has 0 saturated heterocycles. The number of rotatable bonds is 5. The number of aromatic nitrogens is 2. The van der Waals surface area contributed by atoms with E-state index in [0.717, 1.165) is 61.0 Å². The van der Waals surface area contributed by atoms with E-state index in [0.29, 0.717) is 6.04 Å². The Bertz CT molecular complexity index is 740. The highest BCUT2D eigenvalue weighted by molar-refractivity contribution is 7.19. The summed E-state index contributed by atoms with van der Waals surface area (Å²) in [5.74, 6) is 0.924. The lowest BCUT2D eigenvalue weighted by Gasteiger charge is -2.28. The van der Waals surface area contributed by atoms with Crippen molar-refractivity contribution in [3.63, 3.8) is 0 Å². The minimum Gasteiger partial charge on any atom is -0.474 e. The Morgan fingerprint density at radius 2 is 2.08 bits per heavy atom. The van der Waals surface area contributed by atoms with Crippen LogP contribution in [0.3, 0.4) is 0 Å². The Hall–Kier alpha value is -1.24.